The van der Waals surface area contributed by atoms with Crippen LogP contribution in [-0.2, 0) is 28.8 Å². The SMILES string of the molecule is CC(C)(N)C(=O)CN[C@@H](CCCCNC(=O)CCC(CC(=O)CCCCCCCCCCCCCCCC(c1nn[nH]n1)c1nn[nH]n1)C(=O)O)C(=O)CC(=O)O. The Kier molecular flexibility index (Phi) is 23.9. The first-order chi connectivity index (χ1) is 27.3. The minimum absolute atomic E-state index is 0.0317. The van der Waals surface area contributed by atoms with Gasteiger partial charge >= 0.3 is 11.9 Å². The number of amides is 1. The molecule has 0 saturated heterocycles. The highest BCUT2D eigenvalue weighted by molar-refractivity contribution is 5.98. The van der Waals surface area contributed by atoms with Crippen molar-refractivity contribution in [3.05, 3.63) is 11.6 Å². The van der Waals surface area contributed by atoms with Crippen LogP contribution in [0.1, 0.15) is 173 Å². The lowest BCUT2D eigenvalue weighted by molar-refractivity contribution is -0.144. The number of nitrogens with zero attached hydrogens (tertiary/aromatic N) is 6. The average Bonchev–Trinajstić information content (AvgIpc) is 3.89. The van der Waals surface area contributed by atoms with Gasteiger partial charge < -0.3 is 26.6 Å². The van der Waals surface area contributed by atoms with Crippen LogP contribution in [-0.4, -0.2) is 111 Å². The lowest BCUT2D eigenvalue weighted by Gasteiger charge is -2.21. The monoisotopic (exact) mass is 804 g/mol. The first-order valence-corrected chi connectivity index (χ1v) is 20.6. The van der Waals surface area contributed by atoms with Crippen LogP contribution in [0.5, 0.6) is 0 Å². The van der Waals surface area contributed by atoms with Gasteiger partial charge in [-0.25, -0.2) is 0 Å². The maximum Gasteiger partial charge on any atom is 0.310 e. The van der Waals surface area contributed by atoms with Crippen LogP contribution in [0.2, 0.25) is 0 Å². The number of unbranched alkanes of at least 4 members (excludes halogenated alkanes) is 13. The second kappa shape index (κ2) is 28.0. The van der Waals surface area contributed by atoms with E-state index in [1.807, 2.05) is 0 Å². The third-order valence-corrected chi connectivity index (χ3v) is 10.0. The molecule has 0 aromatic carbocycles. The molecule has 0 radical (unpaired) electrons. The summed E-state index contributed by atoms with van der Waals surface area (Å²) in [6, 6.07) is -0.841. The van der Waals surface area contributed by atoms with Crippen molar-refractivity contribution in [3.8, 4) is 0 Å². The number of H-pyrrole nitrogens is 2. The molecule has 0 bridgehead atoms. The molecule has 57 heavy (non-hydrogen) atoms. The number of hydrogen-bond acceptors (Lipinski definition) is 14. The summed E-state index contributed by atoms with van der Waals surface area (Å²) in [7, 11) is 0. The predicted octanol–water partition coefficient (Wildman–Crippen LogP) is 3.73. The van der Waals surface area contributed by atoms with E-state index in [-0.39, 0.29) is 62.2 Å². The number of aromatic nitrogens is 8. The predicted molar refractivity (Wildman–Crippen MR) is 209 cm³/mol. The molecule has 2 atom stereocenters. The Morgan fingerprint density at radius 3 is 1.72 bits per heavy atom. The number of Topliss-reactive ketones (excluding diaryl/α,β-unsaturated/α-hetero) is 3. The van der Waals surface area contributed by atoms with E-state index in [0.717, 1.165) is 44.9 Å². The van der Waals surface area contributed by atoms with E-state index in [4.69, 9.17) is 10.8 Å². The molecule has 19 nitrogen and oxygen atoms in total. The maximum absolute atomic E-state index is 12.5. The molecule has 0 aliphatic heterocycles. The molecule has 2 rings (SSSR count). The van der Waals surface area contributed by atoms with E-state index >= 15 is 0 Å². The topological polar surface area (TPSA) is 302 Å². The van der Waals surface area contributed by atoms with E-state index in [1.165, 1.54) is 44.9 Å². The van der Waals surface area contributed by atoms with Crippen molar-refractivity contribution in [1.29, 1.82) is 0 Å². The second-order valence-corrected chi connectivity index (χ2v) is 15.5. The molecule has 1 amide bonds. The zero-order chi connectivity index (χ0) is 41.9. The van der Waals surface area contributed by atoms with Gasteiger partial charge in [-0.1, -0.05) is 87.5 Å². The Balaban J connectivity index is 1.47. The summed E-state index contributed by atoms with van der Waals surface area (Å²) < 4.78 is 0. The van der Waals surface area contributed by atoms with E-state index in [2.05, 4.69) is 51.9 Å². The number of ketones is 3. The lowest BCUT2D eigenvalue weighted by Crippen LogP contribution is -2.49. The van der Waals surface area contributed by atoms with Gasteiger partial charge in [-0.05, 0) is 52.4 Å². The molecule has 19 heteroatoms. The molecule has 1 unspecified atom stereocenters. The van der Waals surface area contributed by atoms with Gasteiger partial charge in [-0.15, -0.1) is 20.4 Å². The highest BCUT2D eigenvalue weighted by Gasteiger charge is 2.26. The normalized spacial score (nSPS) is 12.7. The van der Waals surface area contributed by atoms with Crippen molar-refractivity contribution in [1.82, 2.24) is 51.9 Å². The molecular weight excluding hydrogens is 738 g/mol. The van der Waals surface area contributed by atoms with Crippen LogP contribution in [0.3, 0.4) is 0 Å². The third kappa shape index (κ3) is 22.1. The molecule has 2 aromatic rings. The summed E-state index contributed by atoms with van der Waals surface area (Å²) >= 11 is 0. The van der Waals surface area contributed by atoms with Crippen molar-refractivity contribution in [2.75, 3.05) is 13.1 Å². The number of nitrogens with two attached hydrogens (primary N) is 1. The van der Waals surface area contributed by atoms with Gasteiger partial charge in [0.1, 0.15) is 12.2 Å². The third-order valence-electron chi connectivity index (χ3n) is 10.0. The number of aromatic amines is 2. The van der Waals surface area contributed by atoms with Gasteiger partial charge in [0.05, 0.1) is 30.0 Å². The van der Waals surface area contributed by atoms with Crippen molar-refractivity contribution < 1.29 is 39.0 Å². The van der Waals surface area contributed by atoms with Gasteiger partial charge in [0.15, 0.2) is 23.2 Å². The van der Waals surface area contributed by atoms with Crippen molar-refractivity contribution in [2.45, 2.75) is 173 Å². The van der Waals surface area contributed by atoms with Gasteiger partial charge in [0.25, 0.3) is 0 Å². The van der Waals surface area contributed by atoms with E-state index in [0.29, 0.717) is 30.9 Å². The van der Waals surface area contributed by atoms with Gasteiger partial charge in [0.2, 0.25) is 5.91 Å². The van der Waals surface area contributed by atoms with Gasteiger partial charge in [-0.2, -0.15) is 10.4 Å². The second-order valence-electron chi connectivity index (χ2n) is 15.5. The Bertz CT molecular complexity index is 1430. The van der Waals surface area contributed by atoms with E-state index in [9.17, 15) is 33.9 Å². The number of carboxylic acids is 2. The van der Waals surface area contributed by atoms with Crippen LogP contribution in [0, 0.1) is 5.92 Å². The molecule has 2 aromatic heterocycles. The minimum atomic E-state index is -1.26. The number of carboxylic acid groups (broad SMARTS) is 2. The fourth-order valence-corrected chi connectivity index (χ4v) is 6.50. The highest BCUT2D eigenvalue weighted by atomic mass is 16.4. The van der Waals surface area contributed by atoms with Crippen molar-refractivity contribution >= 4 is 35.2 Å². The van der Waals surface area contributed by atoms with Crippen LogP contribution in [0.4, 0.5) is 0 Å². The molecule has 8 N–H and O–H groups in total. The van der Waals surface area contributed by atoms with Crippen LogP contribution < -0.4 is 16.4 Å². The molecular formula is C38H65N11O8. The van der Waals surface area contributed by atoms with E-state index in [1.54, 1.807) is 13.8 Å². The Hall–Kier alpha value is -4.52. The number of rotatable bonds is 36. The standard InChI is InChI=1S/C38H65N11O8/c1-38(2,39)32(52)26-41-30(31(51)25-34(54)55)20-16-17-23-40-33(53)22-21-27(37(56)57)24-28(50)18-14-12-10-8-6-4-3-5-7-9-11-13-15-19-29(35-42-46-47-43-35)36-44-48-49-45-36/h27,29-30,41H,3-26,39H2,1-2H3,(H,40,53)(H,54,55)(H,56,57)(H,42,43,46,47)(H,44,45,48,49)/t27?,30-/m0/s1. The summed E-state index contributed by atoms with van der Waals surface area (Å²) in [5.41, 5.74) is 4.69. The lowest BCUT2D eigenvalue weighted by atomic mass is 9.94. The molecule has 0 spiro atoms. The number of hydrogen-bond donors (Lipinski definition) is 7. The number of carbonyl (C=O) groups excluding carboxylic acids is 4. The molecule has 0 fully saturated rings. The molecule has 0 aliphatic carbocycles. The Labute approximate surface area is 334 Å². The Morgan fingerprint density at radius 2 is 1.23 bits per heavy atom. The molecule has 0 aliphatic rings. The zero-order valence-electron chi connectivity index (χ0n) is 33.8. The maximum atomic E-state index is 12.5. The summed E-state index contributed by atoms with van der Waals surface area (Å²) in [5.74, 6) is -3.52. The van der Waals surface area contributed by atoms with Gasteiger partial charge in [0, 0.05) is 25.8 Å². The molecule has 2 heterocycles. The fraction of sp³-hybridized carbons (Fsp3) is 0.789. The summed E-state index contributed by atoms with van der Waals surface area (Å²) in [6.45, 7) is 3.19. The number of carbonyl (C=O) groups is 6. The number of nitrogens with one attached hydrogen (secondary N) is 4. The van der Waals surface area contributed by atoms with Crippen LogP contribution >= 0.6 is 0 Å². The summed E-state index contributed by atoms with van der Waals surface area (Å²) in [4.78, 5) is 72.2. The van der Waals surface area contributed by atoms with Crippen molar-refractivity contribution in [3.63, 3.8) is 0 Å². The Morgan fingerprint density at radius 1 is 0.702 bits per heavy atom. The molecule has 320 valence electrons. The fourth-order valence-electron chi connectivity index (χ4n) is 6.50. The smallest absolute Gasteiger partial charge is 0.310 e. The van der Waals surface area contributed by atoms with E-state index < -0.39 is 41.6 Å². The van der Waals surface area contributed by atoms with Gasteiger partial charge in [-0.3, -0.25) is 28.8 Å². The highest BCUT2D eigenvalue weighted by Crippen LogP contribution is 2.24. The number of tetrazole rings is 2. The number of aliphatic carboxylic acids is 2. The largest absolute Gasteiger partial charge is 0.481 e. The quantitative estimate of drug-likeness (QED) is 0.0381. The summed E-state index contributed by atoms with van der Waals surface area (Å²) in [5, 5.41) is 52.8. The van der Waals surface area contributed by atoms with Crippen molar-refractivity contribution in [2.24, 2.45) is 11.7 Å². The summed E-state index contributed by atoms with van der Waals surface area (Å²) in [6.07, 6.45) is 16.1. The van der Waals surface area contributed by atoms with Crippen LogP contribution in [0.15, 0.2) is 0 Å². The first-order valence-electron chi connectivity index (χ1n) is 20.6. The van der Waals surface area contributed by atoms with Crippen LogP contribution in [0.25, 0.3) is 0 Å². The average molecular weight is 804 g/mol. The first kappa shape index (κ1) is 48.6. The molecule has 0 saturated carbocycles. The zero-order valence-corrected chi connectivity index (χ0v) is 33.8. The minimum Gasteiger partial charge on any atom is -0.481 e.